The highest BCUT2D eigenvalue weighted by molar-refractivity contribution is 7.64. The van der Waals surface area contributed by atoms with Crippen LogP contribution < -0.4 is 10.6 Å². The van der Waals surface area contributed by atoms with E-state index in [0.29, 0.717) is 0 Å². The Labute approximate surface area is 137 Å². The van der Waals surface area contributed by atoms with Crippen LogP contribution in [0, 0.1) is 13.8 Å². The van der Waals surface area contributed by atoms with Crippen molar-refractivity contribution in [2.75, 3.05) is 26.7 Å². The first-order valence-corrected chi connectivity index (χ1v) is 12.0. The number of benzene rings is 2. The maximum Gasteiger partial charge on any atom is 0.105 e. The van der Waals surface area contributed by atoms with Gasteiger partial charge in [0.2, 0.25) is 0 Å². The molecule has 0 spiro atoms. The summed E-state index contributed by atoms with van der Waals surface area (Å²) in [5.74, 6) is 0. The fourth-order valence-corrected chi connectivity index (χ4v) is 5.06. The Hall–Kier alpha value is -0.740. The van der Waals surface area contributed by atoms with Crippen molar-refractivity contribution in [3.8, 4) is 0 Å². The van der Waals surface area contributed by atoms with Crippen LogP contribution in [-0.2, 0) is 0 Å². The molecule has 0 saturated heterocycles. The highest BCUT2D eigenvalue weighted by atomic mass is 31.1. The third-order valence-corrected chi connectivity index (χ3v) is 6.63. The molecule has 0 unspecified atom stereocenters. The van der Waals surface area contributed by atoms with E-state index in [9.17, 15) is 5.11 Å². The molecule has 1 nitrogen and oxygen atoms in total. The molecule has 0 heterocycles. The molecule has 2 aromatic carbocycles. The molecule has 118 valence electrons. The van der Waals surface area contributed by atoms with E-state index in [1.165, 1.54) is 21.7 Å². The Morgan fingerprint density at radius 2 is 1.09 bits per heavy atom. The summed E-state index contributed by atoms with van der Waals surface area (Å²) in [6.45, 7) is 13.2. The molecule has 0 aliphatic rings. The third kappa shape index (κ3) is 3.77. The lowest BCUT2D eigenvalue weighted by atomic mass is 9.99. The van der Waals surface area contributed by atoms with Crippen LogP contribution in [0.15, 0.2) is 36.4 Å². The maximum absolute atomic E-state index is 11.1. The second kappa shape index (κ2) is 7.22. The summed E-state index contributed by atoms with van der Waals surface area (Å²) in [6, 6.07) is 12.9. The van der Waals surface area contributed by atoms with E-state index < -0.39 is 6.10 Å². The molecule has 22 heavy (non-hydrogen) atoms. The molecule has 1 N–H and O–H groups in total. The summed E-state index contributed by atoms with van der Waals surface area (Å²) < 4.78 is 0. The van der Waals surface area contributed by atoms with Crippen molar-refractivity contribution in [1.82, 2.24) is 0 Å². The summed E-state index contributed by atoms with van der Waals surface area (Å²) in [5.41, 5.74) is 4.67. The lowest BCUT2D eigenvalue weighted by molar-refractivity contribution is 0.222. The average molecular weight is 332 g/mol. The molecule has 0 aliphatic carbocycles. The first-order valence-electron chi connectivity index (χ1n) is 7.55. The van der Waals surface area contributed by atoms with Crippen molar-refractivity contribution >= 4 is 26.5 Å². The van der Waals surface area contributed by atoms with Gasteiger partial charge in [-0.3, -0.25) is 0 Å². The molecular weight excluding hydrogens is 306 g/mol. The molecule has 0 aromatic heterocycles. The molecule has 0 fully saturated rings. The highest BCUT2D eigenvalue weighted by Crippen LogP contribution is 2.34. The van der Waals surface area contributed by atoms with Crippen LogP contribution in [0.2, 0.25) is 0 Å². The van der Waals surface area contributed by atoms with Crippen LogP contribution in [0.25, 0.3) is 0 Å². The Bertz CT molecular complexity index is 605. The summed E-state index contributed by atoms with van der Waals surface area (Å²) in [4.78, 5) is 0. The Morgan fingerprint density at radius 3 is 1.41 bits per heavy atom. The number of rotatable bonds is 4. The molecule has 0 saturated carbocycles. The van der Waals surface area contributed by atoms with Gasteiger partial charge in [-0.25, -0.2) is 0 Å². The average Bonchev–Trinajstić information content (AvgIpc) is 2.46. The zero-order chi connectivity index (χ0) is 16.4. The minimum absolute atomic E-state index is 0.241. The van der Waals surface area contributed by atoms with E-state index in [0.717, 1.165) is 11.1 Å². The van der Waals surface area contributed by atoms with Crippen LogP contribution in [0.5, 0.6) is 0 Å². The van der Waals surface area contributed by atoms with Gasteiger partial charge in [0.05, 0.1) is 0 Å². The number of hydrogen-bond donors (Lipinski definition) is 1. The van der Waals surface area contributed by atoms with E-state index in [4.69, 9.17) is 0 Å². The second-order valence-corrected chi connectivity index (χ2v) is 10.9. The fraction of sp³-hybridized carbons (Fsp3) is 0.368. The SMILES string of the molecule is Cc1ccc(C(O)c2ccc(C)cc2P(C)C)c(P(C)C)c1. The van der Waals surface area contributed by atoms with Crippen LogP contribution in [0.3, 0.4) is 0 Å². The van der Waals surface area contributed by atoms with Gasteiger partial charge in [-0.05, 0) is 62.2 Å². The van der Waals surface area contributed by atoms with Crippen molar-refractivity contribution in [3.63, 3.8) is 0 Å². The van der Waals surface area contributed by atoms with E-state index in [-0.39, 0.29) is 15.8 Å². The lowest BCUT2D eigenvalue weighted by Gasteiger charge is -2.23. The Kier molecular flexibility index (Phi) is 5.78. The topological polar surface area (TPSA) is 20.2 Å². The summed E-state index contributed by atoms with van der Waals surface area (Å²) in [5, 5.41) is 13.7. The van der Waals surface area contributed by atoms with Crippen LogP contribution in [0.1, 0.15) is 28.4 Å². The molecule has 0 bridgehead atoms. The molecule has 0 aliphatic heterocycles. The minimum atomic E-state index is -0.527. The first-order chi connectivity index (χ1) is 10.3. The predicted octanol–water partition coefficient (Wildman–Crippen LogP) is 4.12. The minimum Gasteiger partial charge on any atom is -0.384 e. The molecule has 0 radical (unpaired) electrons. The fourth-order valence-electron chi connectivity index (χ4n) is 2.71. The zero-order valence-electron chi connectivity index (χ0n) is 14.4. The second-order valence-electron chi connectivity index (χ2n) is 6.32. The molecule has 0 amide bonds. The first kappa shape index (κ1) is 17.6. The smallest absolute Gasteiger partial charge is 0.105 e. The van der Waals surface area contributed by atoms with Crippen LogP contribution in [0.4, 0.5) is 0 Å². The van der Waals surface area contributed by atoms with E-state index in [1.807, 2.05) is 0 Å². The van der Waals surface area contributed by atoms with Crippen molar-refractivity contribution in [1.29, 1.82) is 0 Å². The molecule has 2 rings (SSSR count). The molecule has 2 aromatic rings. The molecule has 0 atom stereocenters. The van der Waals surface area contributed by atoms with Crippen LogP contribution in [-0.4, -0.2) is 31.8 Å². The number of hydrogen-bond acceptors (Lipinski definition) is 1. The normalized spacial score (nSPS) is 11.7. The predicted molar refractivity (Wildman–Crippen MR) is 103 cm³/mol. The standard InChI is InChI=1S/C19H26OP2/c1-13-7-9-15(17(11-13)21(3)4)19(20)16-10-8-14(2)12-18(16)22(5)6/h7-12,19-20H,1-6H3. The quantitative estimate of drug-likeness (QED) is 0.835. The number of aryl methyl sites for hydroxylation is 2. The monoisotopic (exact) mass is 332 g/mol. The van der Waals surface area contributed by atoms with Gasteiger partial charge in [-0.2, -0.15) is 0 Å². The lowest BCUT2D eigenvalue weighted by Crippen LogP contribution is -2.19. The number of aliphatic hydroxyl groups is 1. The van der Waals surface area contributed by atoms with E-state index in [2.05, 4.69) is 76.9 Å². The summed E-state index contributed by atoms with van der Waals surface area (Å²) in [7, 11) is -0.483. The maximum atomic E-state index is 11.1. The largest absolute Gasteiger partial charge is 0.384 e. The number of aliphatic hydroxyl groups excluding tert-OH is 1. The van der Waals surface area contributed by atoms with E-state index in [1.54, 1.807) is 0 Å². The highest BCUT2D eigenvalue weighted by Gasteiger charge is 2.20. The van der Waals surface area contributed by atoms with Crippen molar-refractivity contribution in [3.05, 3.63) is 58.7 Å². The van der Waals surface area contributed by atoms with E-state index >= 15 is 0 Å². The molecular formula is C19H26OP2. The van der Waals surface area contributed by atoms with Crippen molar-refractivity contribution in [2.24, 2.45) is 0 Å². The van der Waals surface area contributed by atoms with Crippen molar-refractivity contribution < 1.29 is 5.11 Å². The van der Waals surface area contributed by atoms with Gasteiger partial charge in [0.25, 0.3) is 0 Å². The van der Waals surface area contributed by atoms with Gasteiger partial charge >= 0.3 is 0 Å². The Morgan fingerprint density at radius 1 is 0.727 bits per heavy atom. The van der Waals surface area contributed by atoms with Gasteiger partial charge in [-0.1, -0.05) is 63.4 Å². The van der Waals surface area contributed by atoms with Crippen molar-refractivity contribution in [2.45, 2.75) is 20.0 Å². The zero-order valence-corrected chi connectivity index (χ0v) is 16.2. The summed E-state index contributed by atoms with van der Waals surface area (Å²) >= 11 is 0. The van der Waals surface area contributed by atoms with Crippen LogP contribution >= 0.6 is 15.8 Å². The van der Waals surface area contributed by atoms with Gasteiger partial charge in [0.1, 0.15) is 6.10 Å². The van der Waals surface area contributed by atoms with Gasteiger partial charge < -0.3 is 5.11 Å². The van der Waals surface area contributed by atoms with Gasteiger partial charge in [0, 0.05) is 0 Å². The summed E-state index contributed by atoms with van der Waals surface area (Å²) in [6.07, 6.45) is -0.527. The third-order valence-electron chi connectivity index (χ3n) is 3.92. The Balaban J connectivity index is 2.56. The molecule has 3 heteroatoms. The van der Waals surface area contributed by atoms with Gasteiger partial charge in [-0.15, -0.1) is 0 Å². The van der Waals surface area contributed by atoms with Gasteiger partial charge in [0.15, 0.2) is 0 Å².